The molecule has 0 unspecified atom stereocenters. The van der Waals surface area contributed by atoms with Crippen molar-refractivity contribution in [2.24, 2.45) is 0 Å². The molecule has 0 spiro atoms. The van der Waals surface area contributed by atoms with E-state index in [-0.39, 0.29) is 0 Å². The fourth-order valence-corrected chi connectivity index (χ4v) is 6.65. The molecule has 0 aliphatic heterocycles. The van der Waals surface area contributed by atoms with Crippen molar-refractivity contribution < 1.29 is 0 Å². The molecule has 0 N–H and O–H groups in total. The molecule has 4 heteroatoms. The Morgan fingerprint density at radius 3 is 1.18 bits per heavy atom. The topological polar surface area (TPSA) is 35.6 Å². The first-order valence-electron chi connectivity index (χ1n) is 14.9. The van der Waals surface area contributed by atoms with Crippen LogP contribution in [0.4, 0.5) is 0 Å². The Balaban J connectivity index is 1.35. The molecule has 0 aliphatic carbocycles. The number of benzene rings is 5. The van der Waals surface area contributed by atoms with Crippen LogP contribution < -0.4 is 0 Å². The van der Waals surface area contributed by atoms with Crippen LogP contribution in [0.5, 0.6) is 0 Å². The number of hydrogen-bond donors (Lipinski definition) is 0. The summed E-state index contributed by atoms with van der Waals surface area (Å²) < 4.78 is 4.61. The summed E-state index contributed by atoms with van der Waals surface area (Å²) in [5.41, 5.74) is 8.64. The molecule has 0 atom stereocenters. The zero-order chi connectivity index (χ0) is 29.0. The Morgan fingerprint density at radius 1 is 0.318 bits per heavy atom. The molecular formula is C40H26N4. The highest BCUT2D eigenvalue weighted by Gasteiger charge is 2.21. The lowest BCUT2D eigenvalue weighted by Gasteiger charge is -2.10. The average molecular weight is 563 g/mol. The van der Waals surface area contributed by atoms with Gasteiger partial charge in [-0.3, -0.25) is 9.13 Å². The fraction of sp³-hybridized carbons (Fsp3) is 0. The Bertz CT molecular complexity index is 2310. The van der Waals surface area contributed by atoms with Crippen molar-refractivity contribution in [1.29, 1.82) is 0 Å². The molecule has 0 radical (unpaired) electrons. The van der Waals surface area contributed by atoms with Gasteiger partial charge in [0.15, 0.2) is 0 Å². The molecule has 0 bridgehead atoms. The SMILES string of the molecule is c1ccc(-c2cccc(-n3c4ccccc4c4c5c6ccccc6n(-c6cccc(-c7ccccc7)n6)c5ccc43)n2)cc1. The monoisotopic (exact) mass is 562 g/mol. The first-order valence-corrected chi connectivity index (χ1v) is 14.9. The van der Waals surface area contributed by atoms with Crippen LogP contribution in [0.15, 0.2) is 158 Å². The molecule has 0 saturated carbocycles. The molecule has 4 aromatic heterocycles. The van der Waals surface area contributed by atoms with Gasteiger partial charge in [-0.25, -0.2) is 9.97 Å². The zero-order valence-corrected chi connectivity index (χ0v) is 23.8. The lowest BCUT2D eigenvalue weighted by molar-refractivity contribution is 1.08. The van der Waals surface area contributed by atoms with Crippen LogP contribution in [0, 0.1) is 0 Å². The third kappa shape index (κ3) is 3.71. The second-order valence-electron chi connectivity index (χ2n) is 11.1. The largest absolute Gasteiger partial charge is 0.294 e. The van der Waals surface area contributed by atoms with Gasteiger partial charge in [0, 0.05) is 32.7 Å². The van der Waals surface area contributed by atoms with Gasteiger partial charge < -0.3 is 0 Å². The zero-order valence-electron chi connectivity index (χ0n) is 23.8. The number of fused-ring (bicyclic) bond motifs is 7. The maximum Gasteiger partial charge on any atom is 0.138 e. The van der Waals surface area contributed by atoms with Crippen LogP contribution >= 0.6 is 0 Å². The van der Waals surface area contributed by atoms with Gasteiger partial charge >= 0.3 is 0 Å². The number of rotatable bonds is 4. The van der Waals surface area contributed by atoms with E-state index in [1.165, 1.54) is 21.5 Å². The van der Waals surface area contributed by atoms with E-state index in [2.05, 4.69) is 155 Å². The normalized spacial score (nSPS) is 11.6. The summed E-state index contributed by atoms with van der Waals surface area (Å²) in [4.78, 5) is 10.3. The summed E-state index contributed by atoms with van der Waals surface area (Å²) in [6.45, 7) is 0. The third-order valence-corrected chi connectivity index (χ3v) is 8.54. The first-order chi connectivity index (χ1) is 21.8. The molecule has 0 aliphatic rings. The van der Waals surface area contributed by atoms with Crippen LogP contribution in [0.1, 0.15) is 0 Å². The van der Waals surface area contributed by atoms with Crippen LogP contribution in [0.2, 0.25) is 0 Å². The highest BCUT2D eigenvalue weighted by Crippen LogP contribution is 2.42. The maximum absolute atomic E-state index is 5.17. The van der Waals surface area contributed by atoms with Gasteiger partial charge in [0.25, 0.3) is 0 Å². The Labute approximate surface area is 254 Å². The van der Waals surface area contributed by atoms with Crippen LogP contribution in [0.3, 0.4) is 0 Å². The van der Waals surface area contributed by atoms with Crippen LogP contribution in [-0.2, 0) is 0 Å². The number of nitrogens with zero attached hydrogens (tertiary/aromatic N) is 4. The van der Waals surface area contributed by atoms with Gasteiger partial charge in [0.05, 0.1) is 33.5 Å². The molecule has 9 rings (SSSR count). The molecule has 0 saturated heterocycles. The third-order valence-electron chi connectivity index (χ3n) is 8.54. The average Bonchev–Trinajstić information content (AvgIpc) is 3.62. The van der Waals surface area contributed by atoms with Gasteiger partial charge in [0.2, 0.25) is 0 Å². The molecule has 0 amide bonds. The van der Waals surface area contributed by atoms with Gasteiger partial charge in [0.1, 0.15) is 11.6 Å². The molecule has 206 valence electrons. The van der Waals surface area contributed by atoms with Gasteiger partial charge in [-0.1, -0.05) is 109 Å². The predicted octanol–water partition coefficient (Wildman–Crippen LogP) is 10.0. The quantitative estimate of drug-likeness (QED) is 0.214. The van der Waals surface area contributed by atoms with Crippen LogP contribution in [-0.4, -0.2) is 19.1 Å². The second kappa shape index (κ2) is 9.79. The van der Waals surface area contributed by atoms with Gasteiger partial charge in [-0.2, -0.15) is 0 Å². The number of pyridine rings is 2. The van der Waals surface area contributed by atoms with Gasteiger partial charge in [-0.15, -0.1) is 0 Å². The molecule has 5 aromatic carbocycles. The Kier molecular flexibility index (Phi) is 5.47. The van der Waals surface area contributed by atoms with Crippen molar-refractivity contribution in [2.75, 3.05) is 0 Å². The minimum absolute atomic E-state index is 0.901. The Hall–Kier alpha value is -6.00. The van der Waals surface area contributed by atoms with E-state index in [0.717, 1.165) is 56.2 Å². The van der Waals surface area contributed by atoms with Crippen molar-refractivity contribution in [3.05, 3.63) is 158 Å². The summed E-state index contributed by atoms with van der Waals surface area (Å²) in [6.07, 6.45) is 0. The lowest BCUT2D eigenvalue weighted by atomic mass is 10.1. The van der Waals surface area contributed by atoms with Crippen molar-refractivity contribution in [3.63, 3.8) is 0 Å². The van der Waals surface area contributed by atoms with Crippen molar-refractivity contribution in [1.82, 2.24) is 19.1 Å². The van der Waals surface area contributed by atoms with Crippen molar-refractivity contribution >= 4 is 43.6 Å². The summed E-state index contributed by atoms with van der Waals surface area (Å²) in [6, 6.07) is 55.1. The highest BCUT2D eigenvalue weighted by molar-refractivity contribution is 6.28. The standard InChI is InChI=1S/C40H26N4/c1-3-13-27(14-4-1)31-19-11-23-37(41-31)43-33-21-9-7-17-29(33)39-35(43)25-26-36-40(39)30-18-8-10-22-34(30)44(36)38-24-12-20-32(42-38)28-15-5-2-6-16-28/h1-26H. The Morgan fingerprint density at radius 2 is 0.727 bits per heavy atom. The van der Waals surface area contributed by atoms with Gasteiger partial charge in [-0.05, 0) is 48.5 Å². The van der Waals surface area contributed by atoms with Crippen LogP contribution in [0.25, 0.3) is 77.8 Å². The molecule has 4 nitrogen and oxygen atoms in total. The van der Waals surface area contributed by atoms with E-state index in [1.807, 2.05) is 12.1 Å². The second-order valence-corrected chi connectivity index (χ2v) is 11.1. The highest BCUT2D eigenvalue weighted by atomic mass is 15.1. The summed E-state index contributed by atoms with van der Waals surface area (Å²) in [5.74, 6) is 1.80. The maximum atomic E-state index is 5.17. The molecule has 0 fully saturated rings. The minimum atomic E-state index is 0.901. The predicted molar refractivity (Wildman–Crippen MR) is 182 cm³/mol. The fourth-order valence-electron chi connectivity index (χ4n) is 6.65. The molecule has 4 heterocycles. The van der Waals surface area contributed by atoms with Crippen molar-refractivity contribution in [3.8, 4) is 34.2 Å². The number of hydrogen-bond acceptors (Lipinski definition) is 2. The van der Waals surface area contributed by atoms with E-state index in [0.29, 0.717) is 0 Å². The summed E-state index contributed by atoms with van der Waals surface area (Å²) in [7, 11) is 0. The number of aromatic nitrogens is 4. The first kappa shape index (κ1) is 24.6. The van der Waals surface area contributed by atoms with E-state index in [4.69, 9.17) is 9.97 Å². The van der Waals surface area contributed by atoms with E-state index in [9.17, 15) is 0 Å². The van der Waals surface area contributed by atoms with E-state index in [1.54, 1.807) is 0 Å². The van der Waals surface area contributed by atoms with E-state index >= 15 is 0 Å². The van der Waals surface area contributed by atoms with E-state index < -0.39 is 0 Å². The lowest BCUT2D eigenvalue weighted by Crippen LogP contribution is -1.99. The number of para-hydroxylation sites is 2. The molecule has 9 aromatic rings. The van der Waals surface area contributed by atoms with Crippen molar-refractivity contribution in [2.45, 2.75) is 0 Å². The smallest absolute Gasteiger partial charge is 0.138 e. The summed E-state index contributed by atoms with van der Waals surface area (Å²) >= 11 is 0. The molecule has 44 heavy (non-hydrogen) atoms. The summed E-state index contributed by atoms with van der Waals surface area (Å²) in [5, 5.41) is 4.85. The molecular weight excluding hydrogens is 536 g/mol. The minimum Gasteiger partial charge on any atom is -0.294 e.